The number of carboxylic acid groups (broad SMARTS) is 2. The first-order valence-corrected chi connectivity index (χ1v) is 8.07. The summed E-state index contributed by atoms with van der Waals surface area (Å²) >= 11 is 0. The molecular formula is C17H22N2O8. The number of hydrogen-bond acceptors (Lipinski definition) is 7. The molecule has 2 amide bonds. The molecule has 27 heavy (non-hydrogen) atoms. The SMILES string of the molecule is CC[C@@]1(c2ccc(N)cc2)CCC(=O)NC1=O.O=C(O)[C@H](O)[C@@H](O)C(=O)O. The molecule has 0 spiro atoms. The van der Waals surface area contributed by atoms with Crippen LogP contribution in [0.3, 0.4) is 0 Å². The molecule has 1 fully saturated rings. The summed E-state index contributed by atoms with van der Waals surface area (Å²) in [5.74, 6) is -3.92. The van der Waals surface area contributed by atoms with Gasteiger partial charge in [0.2, 0.25) is 11.8 Å². The van der Waals surface area contributed by atoms with E-state index in [9.17, 15) is 19.2 Å². The zero-order chi connectivity index (χ0) is 20.8. The Balaban J connectivity index is 0.000000314. The number of imide groups is 1. The number of aliphatic carboxylic acids is 2. The van der Waals surface area contributed by atoms with Gasteiger partial charge in [0.15, 0.2) is 12.2 Å². The van der Waals surface area contributed by atoms with Crippen molar-refractivity contribution in [2.24, 2.45) is 0 Å². The van der Waals surface area contributed by atoms with Crippen LogP contribution >= 0.6 is 0 Å². The van der Waals surface area contributed by atoms with E-state index in [0.717, 1.165) is 5.56 Å². The fourth-order valence-corrected chi connectivity index (χ4v) is 2.64. The summed E-state index contributed by atoms with van der Waals surface area (Å²) in [6.07, 6.45) is -2.90. The number of carboxylic acids is 2. The highest BCUT2D eigenvalue weighted by Gasteiger charge is 2.42. The predicted octanol–water partition coefficient (Wildman–Crippen LogP) is -0.769. The van der Waals surface area contributed by atoms with Crippen LogP contribution in [0, 0.1) is 0 Å². The van der Waals surface area contributed by atoms with Crippen LogP contribution in [0.15, 0.2) is 24.3 Å². The molecule has 1 saturated heterocycles. The largest absolute Gasteiger partial charge is 0.479 e. The Morgan fingerprint density at radius 1 is 1.11 bits per heavy atom. The summed E-state index contributed by atoms with van der Waals surface area (Å²) in [4.78, 5) is 42.8. The van der Waals surface area contributed by atoms with E-state index in [1.165, 1.54) is 0 Å². The molecule has 10 nitrogen and oxygen atoms in total. The number of nitrogen functional groups attached to an aromatic ring is 1. The van der Waals surface area contributed by atoms with Crippen molar-refractivity contribution in [2.45, 2.75) is 43.8 Å². The van der Waals surface area contributed by atoms with Gasteiger partial charge in [-0.25, -0.2) is 9.59 Å². The first-order valence-electron chi connectivity index (χ1n) is 8.07. The van der Waals surface area contributed by atoms with Gasteiger partial charge in [-0.1, -0.05) is 19.1 Å². The van der Waals surface area contributed by atoms with Gasteiger partial charge in [0.1, 0.15) is 0 Å². The number of rotatable bonds is 5. The highest BCUT2D eigenvalue weighted by atomic mass is 16.4. The molecule has 1 aliphatic rings. The second-order valence-electron chi connectivity index (χ2n) is 6.00. The summed E-state index contributed by atoms with van der Waals surface area (Å²) in [6.45, 7) is 1.96. The fourth-order valence-electron chi connectivity index (χ4n) is 2.64. The molecule has 0 unspecified atom stereocenters. The van der Waals surface area contributed by atoms with Gasteiger partial charge < -0.3 is 26.2 Å². The summed E-state index contributed by atoms with van der Waals surface area (Å²) in [7, 11) is 0. The lowest BCUT2D eigenvalue weighted by Gasteiger charge is -2.34. The van der Waals surface area contributed by atoms with Crippen molar-refractivity contribution >= 4 is 29.4 Å². The summed E-state index contributed by atoms with van der Waals surface area (Å²) in [6, 6.07) is 7.31. The van der Waals surface area contributed by atoms with Crippen LogP contribution < -0.4 is 11.1 Å². The van der Waals surface area contributed by atoms with Gasteiger partial charge in [0.25, 0.3) is 0 Å². The zero-order valence-corrected chi connectivity index (χ0v) is 14.6. The summed E-state index contributed by atoms with van der Waals surface area (Å²) in [5, 5.41) is 35.0. The topological polar surface area (TPSA) is 187 Å². The van der Waals surface area contributed by atoms with Crippen LogP contribution in [0.1, 0.15) is 31.7 Å². The van der Waals surface area contributed by atoms with Crippen molar-refractivity contribution in [1.29, 1.82) is 0 Å². The number of carbonyl (C=O) groups excluding carboxylic acids is 2. The van der Waals surface area contributed by atoms with E-state index >= 15 is 0 Å². The molecule has 2 rings (SSSR count). The van der Waals surface area contributed by atoms with Crippen LogP contribution in [0.5, 0.6) is 0 Å². The lowest BCUT2D eigenvalue weighted by molar-refractivity contribution is -0.165. The Labute approximate surface area is 154 Å². The number of benzene rings is 1. The number of nitrogens with two attached hydrogens (primary N) is 1. The number of hydrogen-bond donors (Lipinski definition) is 6. The average Bonchev–Trinajstić information content (AvgIpc) is 2.62. The van der Waals surface area contributed by atoms with Crippen LogP contribution in [-0.4, -0.2) is 56.4 Å². The van der Waals surface area contributed by atoms with E-state index in [2.05, 4.69) is 5.32 Å². The van der Waals surface area contributed by atoms with Crippen LogP contribution in [0.25, 0.3) is 0 Å². The highest BCUT2D eigenvalue weighted by Crippen LogP contribution is 2.35. The molecule has 0 radical (unpaired) electrons. The van der Waals surface area contributed by atoms with Crippen molar-refractivity contribution in [3.63, 3.8) is 0 Å². The molecule has 3 atom stereocenters. The third-order valence-corrected chi connectivity index (χ3v) is 4.34. The van der Waals surface area contributed by atoms with E-state index in [0.29, 0.717) is 24.9 Å². The minimum absolute atomic E-state index is 0.186. The van der Waals surface area contributed by atoms with Crippen molar-refractivity contribution in [1.82, 2.24) is 5.32 Å². The molecule has 0 bridgehead atoms. The van der Waals surface area contributed by atoms with Gasteiger partial charge in [-0.05, 0) is 30.5 Å². The molecule has 148 valence electrons. The summed E-state index contributed by atoms with van der Waals surface area (Å²) < 4.78 is 0. The number of amides is 2. The maximum absolute atomic E-state index is 12.1. The van der Waals surface area contributed by atoms with E-state index in [-0.39, 0.29) is 11.8 Å². The molecule has 7 N–H and O–H groups in total. The van der Waals surface area contributed by atoms with Crippen molar-refractivity contribution in [3.8, 4) is 0 Å². The monoisotopic (exact) mass is 382 g/mol. The number of aliphatic hydroxyl groups excluding tert-OH is 2. The van der Waals surface area contributed by atoms with E-state index in [1.807, 2.05) is 19.1 Å². The van der Waals surface area contributed by atoms with Gasteiger partial charge in [0.05, 0.1) is 5.41 Å². The van der Waals surface area contributed by atoms with Crippen LogP contribution in [-0.2, 0) is 24.6 Å². The standard InChI is InChI=1S/C13H16N2O2.C4H6O6/c1-2-13(8-7-11(16)15-12(13)17)9-3-5-10(14)6-4-9;5-1(3(7)8)2(6)4(9)10/h3-6H,2,7-8,14H2,1H3,(H,15,16,17);1-2,5-6H,(H,7,8)(H,9,10)/t13-;1-,2-/m01/s1. The normalized spacial score (nSPS) is 21.3. The number of carbonyl (C=O) groups is 4. The number of aliphatic hydroxyl groups is 2. The van der Waals surface area contributed by atoms with E-state index < -0.39 is 29.6 Å². The van der Waals surface area contributed by atoms with E-state index in [4.69, 9.17) is 26.2 Å². The Morgan fingerprint density at radius 2 is 1.59 bits per heavy atom. The predicted molar refractivity (Wildman–Crippen MR) is 92.5 cm³/mol. The lowest BCUT2D eigenvalue weighted by Crippen LogP contribution is -2.51. The second kappa shape index (κ2) is 9.10. The molecule has 1 aliphatic heterocycles. The Kier molecular flexibility index (Phi) is 7.44. The molecule has 1 aromatic rings. The third-order valence-electron chi connectivity index (χ3n) is 4.34. The zero-order valence-electron chi connectivity index (χ0n) is 14.6. The maximum Gasteiger partial charge on any atom is 0.335 e. The molecule has 0 saturated carbocycles. The Hall–Kier alpha value is -2.98. The maximum atomic E-state index is 12.1. The molecule has 0 aromatic heterocycles. The summed E-state index contributed by atoms with van der Waals surface area (Å²) in [5.41, 5.74) is 6.66. The highest BCUT2D eigenvalue weighted by molar-refractivity contribution is 6.03. The van der Waals surface area contributed by atoms with E-state index in [1.54, 1.807) is 12.1 Å². The van der Waals surface area contributed by atoms with Crippen LogP contribution in [0.2, 0.25) is 0 Å². The molecule has 1 aromatic carbocycles. The first-order chi connectivity index (χ1) is 12.5. The molecule has 10 heteroatoms. The fraction of sp³-hybridized carbons (Fsp3) is 0.412. The van der Waals surface area contributed by atoms with Gasteiger partial charge in [0, 0.05) is 12.1 Å². The van der Waals surface area contributed by atoms with Crippen LogP contribution in [0.4, 0.5) is 5.69 Å². The van der Waals surface area contributed by atoms with Gasteiger partial charge in [-0.2, -0.15) is 0 Å². The quantitative estimate of drug-likeness (QED) is 0.281. The average molecular weight is 382 g/mol. The second-order valence-corrected chi connectivity index (χ2v) is 6.00. The first kappa shape index (κ1) is 22.1. The van der Waals surface area contributed by atoms with Crippen molar-refractivity contribution in [2.75, 3.05) is 5.73 Å². The molecule has 0 aliphatic carbocycles. The number of piperidine rings is 1. The Bertz CT molecular complexity index is 700. The van der Waals surface area contributed by atoms with Gasteiger partial charge in [-0.3, -0.25) is 14.9 Å². The number of anilines is 1. The van der Waals surface area contributed by atoms with Crippen molar-refractivity contribution in [3.05, 3.63) is 29.8 Å². The Morgan fingerprint density at radius 3 is 1.96 bits per heavy atom. The third kappa shape index (κ3) is 5.25. The van der Waals surface area contributed by atoms with Crippen molar-refractivity contribution < 1.29 is 39.6 Å². The number of nitrogens with one attached hydrogen (secondary N) is 1. The minimum atomic E-state index is -2.27. The molecule has 1 heterocycles. The lowest BCUT2D eigenvalue weighted by atomic mass is 9.72. The van der Waals surface area contributed by atoms with Gasteiger partial charge in [-0.15, -0.1) is 0 Å². The van der Waals surface area contributed by atoms with Gasteiger partial charge >= 0.3 is 11.9 Å². The smallest absolute Gasteiger partial charge is 0.335 e. The minimum Gasteiger partial charge on any atom is -0.479 e. The molecular weight excluding hydrogens is 360 g/mol.